The number of nitrogens with two attached hydrogens (primary N) is 1. The molecule has 0 bridgehead atoms. The van der Waals surface area contributed by atoms with Gasteiger partial charge in [-0.3, -0.25) is 34.4 Å². The van der Waals surface area contributed by atoms with Crippen molar-refractivity contribution >= 4 is 46.6 Å². The lowest BCUT2D eigenvalue weighted by Gasteiger charge is -2.47. The van der Waals surface area contributed by atoms with Crippen molar-refractivity contribution in [2.75, 3.05) is 41.7 Å². The molecule has 3 aliphatic heterocycles. The number of nitrogens with one attached hydrogen (secondary N) is 3. The lowest BCUT2D eigenvalue weighted by Crippen LogP contribution is -2.53. The highest BCUT2D eigenvalue weighted by atomic mass is 16.2. The number of aryl methyl sites for hydroxylation is 4. The molecule has 58 heavy (non-hydrogen) atoms. The lowest BCUT2D eigenvalue weighted by atomic mass is 9.74. The van der Waals surface area contributed by atoms with Crippen LogP contribution in [0.2, 0.25) is 0 Å². The van der Waals surface area contributed by atoms with Gasteiger partial charge in [-0.15, -0.1) is 0 Å². The third-order valence-electron chi connectivity index (χ3n) is 12.2. The molecule has 2 aromatic carbocycles. The van der Waals surface area contributed by atoms with Gasteiger partial charge in [-0.05, 0) is 104 Å². The van der Waals surface area contributed by atoms with Crippen molar-refractivity contribution in [3.8, 4) is 11.3 Å². The van der Waals surface area contributed by atoms with Gasteiger partial charge in [-0.2, -0.15) is 5.10 Å². The summed E-state index contributed by atoms with van der Waals surface area (Å²) < 4.78 is 1.80. The smallest absolute Gasteiger partial charge is 0.275 e. The third kappa shape index (κ3) is 7.19. The van der Waals surface area contributed by atoms with Crippen LogP contribution in [-0.4, -0.2) is 80.5 Å². The van der Waals surface area contributed by atoms with E-state index in [9.17, 15) is 19.2 Å². The average Bonchev–Trinajstić information content (AvgIpc) is 3.46. The molecule has 0 unspecified atom stereocenters. The number of imide groups is 1. The molecule has 1 atom stereocenters. The number of piperazine rings is 1. The van der Waals surface area contributed by atoms with Gasteiger partial charge >= 0.3 is 0 Å². The molecule has 4 aliphatic rings. The summed E-state index contributed by atoms with van der Waals surface area (Å²) in [5, 5.41) is 13.6. The van der Waals surface area contributed by atoms with E-state index in [0.29, 0.717) is 66.2 Å². The van der Waals surface area contributed by atoms with Crippen LogP contribution in [0.25, 0.3) is 11.3 Å². The minimum absolute atomic E-state index is 0.184. The highest BCUT2D eigenvalue weighted by Crippen LogP contribution is 2.41. The number of carbonyl (C=O) groups excluding carboxylic acids is 4. The Bertz CT molecular complexity index is 2450. The van der Waals surface area contributed by atoms with Crippen LogP contribution in [0.3, 0.4) is 0 Å². The normalized spacial score (nSPS) is 20.5. The second kappa shape index (κ2) is 15.2. The molecule has 14 heteroatoms. The van der Waals surface area contributed by atoms with E-state index in [1.165, 1.54) is 11.3 Å². The van der Waals surface area contributed by atoms with Gasteiger partial charge in [0.25, 0.3) is 11.8 Å². The first-order valence-electron chi connectivity index (χ1n) is 20.0. The van der Waals surface area contributed by atoms with Crippen LogP contribution < -0.4 is 26.6 Å². The molecule has 9 rings (SSSR count). The van der Waals surface area contributed by atoms with E-state index >= 15 is 0 Å². The van der Waals surface area contributed by atoms with Crippen LogP contribution in [0, 0.1) is 13.8 Å². The summed E-state index contributed by atoms with van der Waals surface area (Å²) in [6, 6.07) is 22.7. The van der Waals surface area contributed by atoms with Crippen molar-refractivity contribution in [2.24, 2.45) is 5.73 Å². The van der Waals surface area contributed by atoms with Gasteiger partial charge in [0.2, 0.25) is 11.8 Å². The van der Waals surface area contributed by atoms with Crippen LogP contribution in [0.4, 0.5) is 23.0 Å². The van der Waals surface area contributed by atoms with Gasteiger partial charge in [-0.1, -0.05) is 30.3 Å². The SMILES string of the molecule is Cc1cccc(NC(=O)c2ncc(-c3nn4c(c3C(N)=O)Nc3ccc(N5CCN(C6CC(c7ccc([C@@H]8CCC(=O)NC8=O)cc7)C6)CC5)cc3CC4)cc2C)n1. The first-order chi connectivity index (χ1) is 28.1. The quantitative estimate of drug-likeness (QED) is 0.153. The Balaban J connectivity index is 0.822. The predicted molar refractivity (Wildman–Crippen MR) is 220 cm³/mol. The van der Waals surface area contributed by atoms with E-state index in [-0.39, 0.29) is 34.9 Å². The van der Waals surface area contributed by atoms with Crippen LogP contribution in [0.1, 0.15) is 86.3 Å². The zero-order valence-electron chi connectivity index (χ0n) is 32.6. The van der Waals surface area contributed by atoms with Crippen LogP contribution >= 0.6 is 0 Å². The molecule has 6 heterocycles. The number of anilines is 4. The summed E-state index contributed by atoms with van der Waals surface area (Å²) >= 11 is 0. The van der Waals surface area contributed by atoms with E-state index in [1.807, 2.05) is 19.1 Å². The highest BCUT2D eigenvalue weighted by molar-refractivity contribution is 6.06. The Hall–Kier alpha value is -6.41. The summed E-state index contributed by atoms with van der Waals surface area (Å²) in [7, 11) is 0. The second-order valence-corrected chi connectivity index (χ2v) is 15.9. The van der Waals surface area contributed by atoms with Crippen LogP contribution in [0.5, 0.6) is 0 Å². The summed E-state index contributed by atoms with van der Waals surface area (Å²) in [4.78, 5) is 63.8. The minimum atomic E-state index is -0.604. The lowest BCUT2D eigenvalue weighted by molar-refractivity contribution is -0.134. The number of rotatable bonds is 8. The highest BCUT2D eigenvalue weighted by Gasteiger charge is 2.36. The topological polar surface area (TPSA) is 180 Å². The molecule has 3 fully saturated rings. The standard InChI is InChI=1S/C44H46N10O4/c1-25-20-31(24-46-39(25)44(58)49-36-5-3-4-26(2)47-36)40-38(41(45)56)42-48-35-12-10-32(21-29(35)14-15-54(42)51-40)52-16-18-53(19-17-52)33-22-30(23-33)27-6-8-28(9-7-27)34-11-13-37(55)50-43(34)57/h3-10,12,20-21,24,30,33-34,48H,11,13-19,22-23H2,1-2H3,(H2,45,56)(H,47,49,58)(H,50,55,57)/t30?,33?,34-/m0/s1. The maximum absolute atomic E-state index is 13.0. The fourth-order valence-electron chi connectivity index (χ4n) is 8.89. The predicted octanol–water partition coefficient (Wildman–Crippen LogP) is 5.20. The van der Waals surface area contributed by atoms with Gasteiger partial charge in [0.15, 0.2) is 0 Å². The van der Waals surface area contributed by atoms with Crippen LogP contribution in [-0.2, 0) is 22.6 Å². The van der Waals surface area contributed by atoms with E-state index < -0.39 is 5.91 Å². The first-order valence-corrected chi connectivity index (χ1v) is 20.0. The Kier molecular flexibility index (Phi) is 9.72. The van der Waals surface area contributed by atoms with Crippen molar-refractivity contribution in [2.45, 2.75) is 70.4 Å². The molecule has 5 aromatic rings. The number of primary amides is 1. The number of hydrogen-bond donors (Lipinski definition) is 4. The second-order valence-electron chi connectivity index (χ2n) is 15.9. The number of benzene rings is 2. The van der Waals surface area contributed by atoms with E-state index in [2.05, 4.69) is 78.2 Å². The van der Waals surface area contributed by atoms with Gasteiger partial charge in [0.1, 0.15) is 28.6 Å². The summed E-state index contributed by atoms with van der Waals surface area (Å²) in [6.45, 7) is 8.10. The van der Waals surface area contributed by atoms with Crippen molar-refractivity contribution in [3.05, 3.63) is 112 Å². The van der Waals surface area contributed by atoms with Gasteiger partial charge in [0.05, 0.1) is 5.92 Å². The Morgan fingerprint density at radius 3 is 2.38 bits per heavy atom. The third-order valence-corrected chi connectivity index (χ3v) is 12.2. The molecule has 2 saturated heterocycles. The average molecular weight is 779 g/mol. The Labute approximate surface area is 336 Å². The number of nitrogens with zero attached hydrogens (tertiary/aromatic N) is 6. The van der Waals surface area contributed by atoms with Crippen molar-refractivity contribution in [3.63, 3.8) is 0 Å². The fourth-order valence-corrected chi connectivity index (χ4v) is 8.89. The monoisotopic (exact) mass is 778 g/mol. The summed E-state index contributed by atoms with van der Waals surface area (Å²) in [5.41, 5.74) is 14.5. The zero-order chi connectivity index (χ0) is 40.1. The van der Waals surface area contributed by atoms with Crippen LogP contribution in [0.15, 0.2) is 72.9 Å². The fraction of sp³-hybridized carbons (Fsp3) is 0.341. The molecular weight excluding hydrogens is 733 g/mol. The largest absolute Gasteiger partial charge is 0.369 e. The number of amides is 4. The summed E-state index contributed by atoms with van der Waals surface area (Å²) in [5.74, 6) is -0.0917. The van der Waals surface area contributed by atoms with E-state index in [1.54, 1.807) is 29.9 Å². The molecule has 1 saturated carbocycles. The molecule has 296 valence electrons. The number of pyridine rings is 2. The molecule has 0 spiro atoms. The zero-order valence-corrected chi connectivity index (χ0v) is 32.6. The van der Waals surface area contributed by atoms with Gasteiger partial charge < -0.3 is 21.3 Å². The molecule has 5 N–H and O–H groups in total. The van der Waals surface area contributed by atoms with Crippen molar-refractivity contribution < 1.29 is 19.2 Å². The number of fused-ring (bicyclic) bond motifs is 2. The maximum atomic E-state index is 13.0. The molecule has 4 amide bonds. The Morgan fingerprint density at radius 2 is 1.66 bits per heavy atom. The molecule has 3 aromatic heterocycles. The minimum Gasteiger partial charge on any atom is -0.369 e. The number of piperidine rings is 1. The van der Waals surface area contributed by atoms with Crippen molar-refractivity contribution in [1.82, 2.24) is 30.0 Å². The first kappa shape index (κ1) is 37.2. The van der Waals surface area contributed by atoms with Gasteiger partial charge in [0, 0.05) is 74.0 Å². The molecule has 14 nitrogen and oxygen atoms in total. The van der Waals surface area contributed by atoms with E-state index in [0.717, 1.165) is 61.5 Å². The van der Waals surface area contributed by atoms with Crippen molar-refractivity contribution in [1.29, 1.82) is 0 Å². The maximum Gasteiger partial charge on any atom is 0.275 e. The molecule has 0 radical (unpaired) electrons. The number of hydrogen-bond acceptors (Lipinski definition) is 10. The Morgan fingerprint density at radius 1 is 0.879 bits per heavy atom. The van der Waals surface area contributed by atoms with E-state index in [4.69, 9.17) is 10.8 Å². The summed E-state index contributed by atoms with van der Waals surface area (Å²) in [6.07, 6.45) is 5.50. The molecule has 1 aliphatic carbocycles. The molecular formula is C44H46N10O4. The van der Waals surface area contributed by atoms with Gasteiger partial charge in [-0.25, -0.2) is 9.67 Å². The number of carbonyl (C=O) groups is 4. The number of aromatic nitrogens is 4.